The molecule has 0 aromatic heterocycles. The highest BCUT2D eigenvalue weighted by atomic mass is 28.4. The zero-order chi connectivity index (χ0) is 14.7. The van der Waals surface area contributed by atoms with Crippen molar-refractivity contribution in [2.45, 2.75) is 40.2 Å². The molecule has 0 aliphatic carbocycles. The van der Waals surface area contributed by atoms with E-state index < -0.39 is 8.80 Å². The summed E-state index contributed by atoms with van der Waals surface area (Å²) < 4.78 is 17.4. The van der Waals surface area contributed by atoms with Crippen LogP contribution in [-0.2, 0) is 18.1 Å². The molecule has 0 saturated carbocycles. The third kappa shape index (κ3) is 9.08. The molecule has 0 amide bonds. The van der Waals surface area contributed by atoms with Gasteiger partial charge >= 0.3 is 8.80 Å². The molecule has 0 heterocycles. The molecule has 0 N–H and O–H groups in total. The predicted molar refractivity (Wildman–Crippen MR) is 76.8 cm³/mol. The van der Waals surface area contributed by atoms with E-state index in [1.165, 1.54) is 0 Å². The zero-order valence-electron chi connectivity index (χ0n) is 12.8. The smallest absolute Gasteiger partial charge is 0.377 e. The maximum Gasteiger partial charge on any atom is 0.500 e. The fourth-order valence-corrected chi connectivity index (χ4v) is 3.99. The molecule has 6 heteroatoms. The van der Waals surface area contributed by atoms with Crippen LogP contribution in [0.3, 0.4) is 0 Å². The molecule has 0 radical (unpaired) electrons. The molecule has 112 valence electrons. The van der Waals surface area contributed by atoms with Crippen LogP contribution in [-0.4, -0.2) is 41.8 Å². The summed E-state index contributed by atoms with van der Waals surface area (Å²) in [7, 11) is -1.00. The van der Waals surface area contributed by atoms with Crippen molar-refractivity contribution < 1.29 is 18.1 Å². The standard InChI is InChI=1S/C13H27NO4Si/c1-12(2)9-17-19(16-5,18-10-13(3)4)8-6-7-14-11-15/h12-13H,6-10H2,1-5H3. The maximum absolute atomic E-state index is 10.1. The van der Waals surface area contributed by atoms with E-state index in [1.807, 2.05) is 0 Å². The van der Waals surface area contributed by atoms with Gasteiger partial charge in [0.2, 0.25) is 6.08 Å². The molecule has 0 aromatic carbocycles. The molecule has 0 unspecified atom stereocenters. The van der Waals surface area contributed by atoms with Crippen molar-refractivity contribution in [1.82, 2.24) is 0 Å². The van der Waals surface area contributed by atoms with E-state index in [0.29, 0.717) is 44.1 Å². The quantitative estimate of drug-likeness (QED) is 0.254. The highest BCUT2D eigenvalue weighted by molar-refractivity contribution is 6.60. The van der Waals surface area contributed by atoms with Crippen LogP contribution in [0.2, 0.25) is 6.04 Å². The molecule has 0 bridgehead atoms. The summed E-state index contributed by atoms with van der Waals surface area (Å²) in [4.78, 5) is 13.6. The lowest BCUT2D eigenvalue weighted by atomic mass is 10.2. The van der Waals surface area contributed by atoms with Gasteiger partial charge in [-0.15, -0.1) is 0 Å². The van der Waals surface area contributed by atoms with Gasteiger partial charge in [-0.25, -0.2) is 9.79 Å². The number of hydrogen-bond acceptors (Lipinski definition) is 5. The summed E-state index contributed by atoms with van der Waals surface area (Å²) in [5.74, 6) is 0.857. The van der Waals surface area contributed by atoms with Crippen LogP contribution in [0.5, 0.6) is 0 Å². The van der Waals surface area contributed by atoms with E-state index in [0.717, 1.165) is 0 Å². The van der Waals surface area contributed by atoms with Crippen molar-refractivity contribution in [2.75, 3.05) is 26.9 Å². The van der Waals surface area contributed by atoms with Crippen molar-refractivity contribution in [3.63, 3.8) is 0 Å². The third-order valence-electron chi connectivity index (χ3n) is 2.40. The molecule has 0 fully saturated rings. The van der Waals surface area contributed by atoms with E-state index in [1.54, 1.807) is 13.2 Å². The first-order valence-electron chi connectivity index (χ1n) is 6.82. The van der Waals surface area contributed by atoms with Crippen LogP contribution in [0, 0.1) is 11.8 Å². The van der Waals surface area contributed by atoms with Gasteiger partial charge in [-0.3, -0.25) is 0 Å². The first kappa shape index (κ1) is 18.5. The fourth-order valence-electron chi connectivity index (χ4n) is 1.41. The first-order valence-corrected chi connectivity index (χ1v) is 8.75. The second-order valence-corrected chi connectivity index (χ2v) is 8.23. The summed E-state index contributed by atoms with van der Waals surface area (Å²) in [5, 5.41) is 0. The van der Waals surface area contributed by atoms with Crippen LogP contribution < -0.4 is 0 Å². The second kappa shape index (κ2) is 10.3. The maximum atomic E-state index is 10.1. The van der Waals surface area contributed by atoms with Crippen LogP contribution in [0.4, 0.5) is 0 Å². The predicted octanol–water partition coefficient (Wildman–Crippen LogP) is 2.64. The van der Waals surface area contributed by atoms with Gasteiger partial charge in [0.15, 0.2) is 0 Å². The van der Waals surface area contributed by atoms with Gasteiger partial charge in [0, 0.05) is 26.4 Å². The Balaban J connectivity index is 4.48. The Morgan fingerprint density at radius 1 is 1.11 bits per heavy atom. The lowest BCUT2D eigenvalue weighted by Gasteiger charge is -2.29. The third-order valence-corrected chi connectivity index (χ3v) is 5.20. The number of isocyanates is 1. The van der Waals surface area contributed by atoms with Crippen LogP contribution in [0.1, 0.15) is 34.1 Å². The van der Waals surface area contributed by atoms with Crippen LogP contribution in [0.15, 0.2) is 4.99 Å². The molecule has 0 aliphatic rings. The Kier molecular flexibility index (Phi) is 10.0. The molecule has 0 spiro atoms. The Morgan fingerprint density at radius 2 is 1.63 bits per heavy atom. The average molecular weight is 289 g/mol. The molecule has 19 heavy (non-hydrogen) atoms. The number of rotatable bonds is 11. The Bertz CT molecular complexity index is 266. The molecule has 0 atom stereocenters. The molecule has 0 saturated heterocycles. The van der Waals surface area contributed by atoms with Crippen LogP contribution in [0.25, 0.3) is 0 Å². The summed E-state index contributed by atoms with van der Waals surface area (Å²) in [6.45, 7) is 10.0. The largest absolute Gasteiger partial charge is 0.500 e. The van der Waals surface area contributed by atoms with Gasteiger partial charge in [0.05, 0.1) is 6.54 Å². The van der Waals surface area contributed by atoms with Crippen molar-refractivity contribution in [1.29, 1.82) is 0 Å². The molecular formula is C13H27NO4Si. The number of hydrogen-bond donors (Lipinski definition) is 0. The molecule has 5 nitrogen and oxygen atoms in total. The number of carbonyl (C=O) groups excluding carboxylic acids is 1. The molecule has 0 aliphatic heterocycles. The Morgan fingerprint density at radius 3 is 2.00 bits per heavy atom. The van der Waals surface area contributed by atoms with Crippen molar-refractivity contribution >= 4 is 14.9 Å². The summed E-state index contributed by atoms with van der Waals surface area (Å²) in [6.07, 6.45) is 2.25. The lowest BCUT2D eigenvalue weighted by molar-refractivity contribution is 0.0590. The first-order chi connectivity index (χ1) is 8.95. The SMILES string of the molecule is CO[Si](CCCN=C=O)(OCC(C)C)OCC(C)C. The fraction of sp³-hybridized carbons (Fsp3) is 0.923. The highest BCUT2D eigenvalue weighted by Crippen LogP contribution is 2.19. The van der Waals surface area contributed by atoms with Gasteiger partial charge < -0.3 is 13.3 Å². The van der Waals surface area contributed by atoms with E-state index >= 15 is 0 Å². The van der Waals surface area contributed by atoms with E-state index in [9.17, 15) is 4.79 Å². The summed E-state index contributed by atoms with van der Waals surface area (Å²) in [5.41, 5.74) is 0. The van der Waals surface area contributed by atoms with Gasteiger partial charge in [0.1, 0.15) is 0 Å². The van der Waals surface area contributed by atoms with Crippen molar-refractivity contribution in [3.8, 4) is 0 Å². The normalized spacial score (nSPS) is 11.9. The Labute approximate surface area is 117 Å². The number of nitrogens with zero attached hydrogens (tertiary/aromatic N) is 1. The van der Waals surface area contributed by atoms with E-state index in [4.69, 9.17) is 13.3 Å². The van der Waals surface area contributed by atoms with Gasteiger partial charge in [0.25, 0.3) is 0 Å². The van der Waals surface area contributed by atoms with Crippen LogP contribution >= 0.6 is 0 Å². The number of aliphatic imine (C=N–C) groups is 1. The average Bonchev–Trinajstić information content (AvgIpc) is 2.37. The van der Waals surface area contributed by atoms with E-state index in [2.05, 4.69) is 32.7 Å². The van der Waals surface area contributed by atoms with Crippen molar-refractivity contribution in [2.24, 2.45) is 16.8 Å². The Hall–Kier alpha value is -0.523. The topological polar surface area (TPSA) is 57.1 Å². The van der Waals surface area contributed by atoms with Gasteiger partial charge in [-0.2, -0.15) is 0 Å². The minimum absolute atomic E-state index is 0.428. The minimum atomic E-state index is -2.63. The highest BCUT2D eigenvalue weighted by Gasteiger charge is 2.39. The summed E-state index contributed by atoms with van der Waals surface area (Å²) in [6, 6.07) is 0.675. The lowest BCUT2D eigenvalue weighted by Crippen LogP contribution is -2.46. The molecule has 0 aromatic rings. The monoisotopic (exact) mass is 289 g/mol. The van der Waals surface area contributed by atoms with Gasteiger partial charge in [-0.05, 0) is 18.3 Å². The van der Waals surface area contributed by atoms with E-state index in [-0.39, 0.29) is 0 Å². The zero-order valence-corrected chi connectivity index (χ0v) is 13.8. The molecular weight excluding hydrogens is 262 g/mol. The second-order valence-electron chi connectivity index (χ2n) is 5.37. The summed E-state index contributed by atoms with van der Waals surface area (Å²) >= 11 is 0. The van der Waals surface area contributed by atoms with Crippen molar-refractivity contribution in [3.05, 3.63) is 0 Å². The molecule has 0 rings (SSSR count). The minimum Gasteiger partial charge on any atom is -0.377 e. The van der Waals surface area contributed by atoms with Gasteiger partial charge in [-0.1, -0.05) is 27.7 Å².